The van der Waals surface area contributed by atoms with E-state index in [0.29, 0.717) is 27.9 Å². The van der Waals surface area contributed by atoms with E-state index < -0.39 is 0 Å². The second kappa shape index (κ2) is 5.21. The fourth-order valence-electron chi connectivity index (χ4n) is 1.45. The molecule has 0 bridgehead atoms. The van der Waals surface area contributed by atoms with Gasteiger partial charge in [0.15, 0.2) is 0 Å². The quantitative estimate of drug-likeness (QED) is 0.529. The van der Waals surface area contributed by atoms with Crippen LogP contribution in [-0.4, -0.2) is 20.5 Å². The highest BCUT2D eigenvalue weighted by atomic mass is 35.5. The molecule has 0 unspecified atom stereocenters. The van der Waals surface area contributed by atoms with E-state index in [2.05, 4.69) is 10.1 Å². The molecule has 1 N–H and O–H groups in total. The number of rotatable bonds is 3. The maximum atomic E-state index is 9.03. The molecular formula is C11H9Cl2N3O. The van der Waals surface area contributed by atoms with Crippen LogP contribution in [0.4, 0.5) is 0 Å². The lowest BCUT2D eigenvalue weighted by Crippen LogP contribution is -2.11. The Morgan fingerprint density at radius 1 is 1.41 bits per heavy atom. The Bertz CT molecular complexity index is 538. The van der Waals surface area contributed by atoms with Crippen LogP contribution in [0.2, 0.25) is 10.0 Å². The van der Waals surface area contributed by atoms with Gasteiger partial charge in [-0.3, -0.25) is 0 Å². The molecule has 0 radical (unpaired) electrons. The molecule has 2 rings (SSSR count). The lowest BCUT2D eigenvalue weighted by molar-refractivity contribution is 0.317. The van der Waals surface area contributed by atoms with Gasteiger partial charge in [-0.25, -0.2) is 4.98 Å². The predicted octanol–water partition coefficient (Wildman–Crippen LogP) is 3.07. The molecule has 1 heterocycles. The first kappa shape index (κ1) is 12.0. The van der Waals surface area contributed by atoms with Crippen molar-refractivity contribution < 1.29 is 5.21 Å². The van der Waals surface area contributed by atoms with Crippen LogP contribution >= 0.6 is 23.2 Å². The molecule has 1 aromatic carbocycles. The highest BCUT2D eigenvalue weighted by Crippen LogP contribution is 2.22. The zero-order valence-electron chi connectivity index (χ0n) is 8.72. The first-order chi connectivity index (χ1) is 8.20. The summed E-state index contributed by atoms with van der Waals surface area (Å²) >= 11 is 11.8. The van der Waals surface area contributed by atoms with Crippen molar-refractivity contribution in [3.8, 4) is 0 Å². The molecule has 17 heavy (non-hydrogen) atoms. The second-order valence-electron chi connectivity index (χ2n) is 3.41. The Morgan fingerprint density at radius 3 is 2.82 bits per heavy atom. The van der Waals surface area contributed by atoms with Gasteiger partial charge < -0.3 is 9.77 Å². The standard InChI is InChI=1S/C11H9Cl2N3O/c12-8-1-2-9(10(13)5-8)11(15-17)6-16-4-3-14-7-16/h1-5,7,17H,6H2. The number of hydrogen-bond acceptors (Lipinski definition) is 3. The molecule has 2 aromatic rings. The molecule has 0 saturated heterocycles. The molecule has 1 aromatic heterocycles. The van der Waals surface area contributed by atoms with E-state index in [9.17, 15) is 0 Å². The molecule has 0 aliphatic carbocycles. The number of imidazole rings is 1. The molecule has 0 saturated carbocycles. The van der Waals surface area contributed by atoms with Crippen molar-refractivity contribution in [1.82, 2.24) is 9.55 Å². The Morgan fingerprint density at radius 2 is 2.24 bits per heavy atom. The van der Waals surface area contributed by atoms with Gasteiger partial charge in [-0.1, -0.05) is 28.4 Å². The van der Waals surface area contributed by atoms with Crippen molar-refractivity contribution in [2.75, 3.05) is 0 Å². The third-order valence-corrected chi connectivity index (χ3v) is 2.80. The SMILES string of the molecule is ON=C(Cn1ccnc1)c1ccc(Cl)cc1Cl. The third kappa shape index (κ3) is 2.78. The highest BCUT2D eigenvalue weighted by molar-refractivity contribution is 6.37. The van der Waals surface area contributed by atoms with Crippen LogP contribution < -0.4 is 0 Å². The van der Waals surface area contributed by atoms with Gasteiger partial charge in [0.1, 0.15) is 5.71 Å². The van der Waals surface area contributed by atoms with E-state index in [-0.39, 0.29) is 0 Å². The number of nitrogens with zero attached hydrogens (tertiary/aromatic N) is 3. The van der Waals surface area contributed by atoms with Crippen LogP contribution in [0.15, 0.2) is 42.1 Å². The zero-order valence-corrected chi connectivity index (χ0v) is 10.2. The Labute approximate surface area is 108 Å². The fraction of sp³-hybridized carbons (Fsp3) is 0.0909. The molecule has 0 amide bonds. The number of aromatic nitrogens is 2. The van der Waals surface area contributed by atoms with Crippen LogP contribution in [0, 0.1) is 0 Å². The molecule has 0 atom stereocenters. The normalized spacial score (nSPS) is 11.8. The van der Waals surface area contributed by atoms with Gasteiger partial charge >= 0.3 is 0 Å². The number of benzene rings is 1. The molecule has 88 valence electrons. The number of oxime groups is 1. The lowest BCUT2D eigenvalue weighted by Gasteiger charge is -2.07. The monoisotopic (exact) mass is 269 g/mol. The smallest absolute Gasteiger partial charge is 0.108 e. The molecule has 6 heteroatoms. The summed E-state index contributed by atoms with van der Waals surface area (Å²) < 4.78 is 1.78. The third-order valence-electron chi connectivity index (χ3n) is 2.25. The molecule has 0 aliphatic heterocycles. The van der Waals surface area contributed by atoms with Crippen LogP contribution in [-0.2, 0) is 6.54 Å². The maximum absolute atomic E-state index is 9.03. The van der Waals surface area contributed by atoms with E-state index in [1.54, 1.807) is 41.5 Å². The molecule has 0 spiro atoms. The van der Waals surface area contributed by atoms with Gasteiger partial charge in [0.25, 0.3) is 0 Å². The van der Waals surface area contributed by atoms with E-state index in [0.717, 1.165) is 0 Å². The summed E-state index contributed by atoms with van der Waals surface area (Å²) in [7, 11) is 0. The van der Waals surface area contributed by atoms with E-state index in [4.69, 9.17) is 28.4 Å². The topological polar surface area (TPSA) is 50.4 Å². The molecule has 4 nitrogen and oxygen atoms in total. The second-order valence-corrected chi connectivity index (χ2v) is 4.25. The van der Waals surface area contributed by atoms with E-state index in [1.165, 1.54) is 0 Å². The Kier molecular flexibility index (Phi) is 3.66. The van der Waals surface area contributed by atoms with E-state index in [1.807, 2.05) is 0 Å². The summed E-state index contributed by atoms with van der Waals surface area (Å²) in [6.45, 7) is 0.387. The van der Waals surface area contributed by atoms with Crippen LogP contribution in [0.3, 0.4) is 0 Å². The van der Waals surface area contributed by atoms with E-state index >= 15 is 0 Å². The summed E-state index contributed by atoms with van der Waals surface area (Å²) in [5.41, 5.74) is 1.09. The van der Waals surface area contributed by atoms with Crippen LogP contribution in [0.1, 0.15) is 5.56 Å². The van der Waals surface area contributed by atoms with Crippen molar-refractivity contribution >= 4 is 28.9 Å². The summed E-state index contributed by atoms with van der Waals surface area (Å²) in [5.74, 6) is 0. The average molecular weight is 270 g/mol. The first-order valence-electron chi connectivity index (χ1n) is 4.83. The molecule has 0 fully saturated rings. The lowest BCUT2D eigenvalue weighted by atomic mass is 10.1. The minimum absolute atomic E-state index is 0.387. The summed E-state index contributed by atoms with van der Waals surface area (Å²) in [6.07, 6.45) is 5.06. The molecular weight excluding hydrogens is 261 g/mol. The van der Waals surface area contributed by atoms with Crippen LogP contribution in [0.5, 0.6) is 0 Å². The summed E-state index contributed by atoms with van der Waals surface area (Å²) in [4.78, 5) is 3.91. The van der Waals surface area contributed by atoms with Gasteiger partial charge in [0.2, 0.25) is 0 Å². The highest BCUT2D eigenvalue weighted by Gasteiger charge is 2.10. The van der Waals surface area contributed by atoms with Gasteiger partial charge in [-0.15, -0.1) is 0 Å². The van der Waals surface area contributed by atoms with Gasteiger partial charge in [0.05, 0.1) is 17.9 Å². The van der Waals surface area contributed by atoms with Crippen molar-refractivity contribution in [3.63, 3.8) is 0 Å². The van der Waals surface area contributed by atoms with Gasteiger partial charge in [-0.05, 0) is 18.2 Å². The maximum Gasteiger partial charge on any atom is 0.108 e. The van der Waals surface area contributed by atoms with Crippen LogP contribution in [0.25, 0.3) is 0 Å². The van der Waals surface area contributed by atoms with Crippen molar-refractivity contribution in [2.24, 2.45) is 5.16 Å². The Balaban J connectivity index is 2.30. The summed E-state index contributed by atoms with van der Waals surface area (Å²) in [6, 6.07) is 5.02. The van der Waals surface area contributed by atoms with Gasteiger partial charge in [0, 0.05) is 23.0 Å². The number of halogens is 2. The van der Waals surface area contributed by atoms with Crippen molar-refractivity contribution in [3.05, 3.63) is 52.5 Å². The predicted molar refractivity (Wildman–Crippen MR) is 67.0 cm³/mol. The zero-order chi connectivity index (χ0) is 12.3. The minimum atomic E-state index is 0.387. The minimum Gasteiger partial charge on any atom is -0.411 e. The first-order valence-corrected chi connectivity index (χ1v) is 5.58. The average Bonchev–Trinajstić information content (AvgIpc) is 2.79. The summed E-state index contributed by atoms with van der Waals surface area (Å²) in [5, 5.41) is 13.3. The van der Waals surface area contributed by atoms with Crippen molar-refractivity contribution in [2.45, 2.75) is 6.54 Å². The van der Waals surface area contributed by atoms with Crippen molar-refractivity contribution in [1.29, 1.82) is 0 Å². The number of hydrogen-bond donors (Lipinski definition) is 1. The largest absolute Gasteiger partial charge is 0.411 e. The molecule has 0 aliphatic rings. The fourth-order valence-corrected chi connectivity index (χ4v) is 1.96. The Hall–Kier alpha value is -1.52. The van der Waals surface area contributed by atoms with Gasteiger partial charge in [-0.2, -0.15) is 0 Å².